The van der Waals surface area contributed by atoms with Crippen LogP contribution in [-0.2, 0) is 10.0 Å². The summed E-state index contributed by atoms with van der Waals surface area (Å²) in [5, 5.41) is 2.72. The first-order valence-corrected chi connectivity index (χ1v) is 9.83. The number of nitrogens with zero attached hydrogens (tertiary/aromatic N) is 2. The molecule has 1 aliphatic rings. The van der Waals surface area contributed by atoms with Gasteiger partial charge in [-0.05, 0) is 23.8 Å². The third-order valence-electron chi connectivity index (χ3n) is 4.19. The summed E-state index contributed by atoms with van der Waals surface area (Å²) in [4.78, 5) is 14.1. The standard InChI is InChI=1S/C19H21N3O3S/c23-19(20-12-11-17-7-3-1-4-8-17)21-13-15-22(16-14-21)26(24,25)18-9-5-2-6-10-18/h1-12H,13-16H2,(H,20,23)/b12-11+. The Morgan fingerprint density at radius 2 is 1.46 bits per heavy atom. The zero-order chi connectivity index (χ0) is 18.4. The van der Waals surface area contributed by atoms with E-state index in [2.05, 4.69) is 5.32 Å². The van der Waals surface area contributed by atoms with Crippen molar-refractivity contribution in [2.75, 3.05) is 26.2 Å². The monoisotopic (exact) mass is 371 g/mol. The van der Waals surface area contributed by atoms with Gasteiger partial charge in [0, 0.05) is 32.4 Å². The number of piperazine rings is 1. The molecule has 6 nitrogen and oxygen atoms in total. The van der Waals surface area contributed by atoms with Crippen molar-refractivity contribution in [3.05, 3.63) is 72.4 Å². The Labute approximate surface area is 153 Å². The van der Waals surface area contributed by atoms with E-state index >= 15 is 0 Å². The van der Waals surface area contributed by atoms with Crippen LogP contribution in [0.4, 0.5) is 4.79 Å². The fourth-order valence-corrected chi connectivity index (χ4v) is 4.18. The molecule has 0 saturated carbocycles. The van der Waals surface area contributed by atoms with Crippen LogP contribution in [0.1, 0.15) is 5.56 Å². The van der Waals surface area contributed by atoms with Gasteiger partial charge in [-0.1, -0.05) is 48.5 Å². The van der Waals surface area contributed by atoms with Crippen molar-refractivity contribution in [3.63, 3.8) is 0 Å². The Balaban J connectivity index is 1.53. The Morgan fingerprint density at radius 3 is 2.08 bits per heavy atom. The Bertz CT molecular complexity index is 859. The molecule has 1 fully saturated rings. The number of urea groups is 1. The highest BCUT2D eigenvalue weighted by molar-refractivity contribution is 7.89. The van der Waals surface area contributed by atoms with E-state index in [1.165, 1.54) is 4.31 Å². The molecule has 0 aromatic heterocycles. The van der Waals surface area contributed by atoms with Gasteiger partial charge in [0.1, 0.15) is 0 Å². The van der Waals surface area contributed by atoms with Gasteiger partial charge in [-0.15, -0.1) is 0 Å². The average Bonchev–Trinajstić information content (AvgIpc) is 2.69. The van der Waals surface area contributed by atoms with Gasteiger partial charge in [0.15, 0.2) is 0 Å². The predicted molar refractivity (Wildman–Crippen MR) is 101 cm³/mol. The molecule has 2 aromatic carbocycles. The van der Waals surface area contributed by atoms with Crippen LogP contribution >= 0.6 is 0 Å². The molecule has 0 unspecified atom stereocenters. The molecule has 0 aliphatic carbocycles. The molecular weight excluding hydrogens is 350 g/mol. The highest BCUT2D eigenvalue weighted by Crippen LogP contribution is 2.17. The molecule has 2 aromatic rings. The zero-order valence-corrected chi connectivity index (χ0v) is 15.1. The molecule has 7 heteroatoms. The summed E-state index contributed by atoms with van der Waals surface area (Å²) < 4.78 is 26.6. The number of carbonyl (C=O) groups is 1. The molecule has 1 N–H and O–H groups in total. The van der Waals surface area contributed by atoms with E-state index in [9.17, 15) is 13.2 Å². The Hall–Kier alpha value is -2.64. The third-order valence-corrected chi connectivity index (χ3v) is 6.10. The second-order valence-electron chi connectivity index (χ2n) is 5.90. The van der Waals surface area contributed by atoms with E-state index in [-0.39, 0.29) is 24.0 Å². The third kappa shape index (κ3) is 4.30. The van der Waals surface area contributed by atoms with Gasteiger partial charge in [-0.2, -0.15) is 4.31 Å². The molecular formula is C19H21N3O3S. The van der Waals surface area contributed by atoms with Crippen LogP contribution in [-0.4, -0.2) is 49.8 Å². The van der Waals surface area contributed by atoms with Crippen molar-refractivity contribution < 1.29 is 13.2 Å². The molecule has 0 atom stereocenters. The van der Waals surface area contributed by atoms with Crippen molar-refractivity contribution in [2.45, 2.75) is 4.90 Å². The summed E-state index contributed by atoms with van der Waals surface area (Å²) in [6.45, 7) is 1.29. The smallest absolute Gasteiger partial charge is 0.321 e. The number of amides is 2. The van der Waals surface area contributed by atoms with E-state index in [1.807, 2.05) is 36.4 Å². The van der Waals surface area contributed by atoms with Crippen molar-refractivity contribution in [1.82, 2.24) is 14.5 Å². The number of sulfonamides is 1. The van der Waals surface area contributed by atoms with E-state index in [4.69, 9.17) is 0 Å². The number of hydrogen-bond acceptors (Lipinski definition) is 3. The Kier molecular flexibility index (Phi) is 5.70. The number of rotatable bonds is 4. The Morgan fingerprint density at radius 1 is 0.885 bits per heavy atom. The van der Waals surface area contributed by atoms with Crippen LogP contribution in [0, 0.1) is 0 Å². The lowest BCUT2D eigenvalue weighted by atomic mass is 10.2. The van der Waals surface area contributed by atoms with E-state index in [1.54, 1.807) is 41.4 Å². The van der Waals surface area contributed by atoms with E-state index < -0.39 is 10.0 Å². The summed E-state index contributed by atoms with van der Waals surface area (Å²) >= 11 is 0. The highest BCUT2D eigenvalue weighted by atomic mass is 32.2. The molecule has 0 radical (unpaired) electrons. The lowest BCUT2D eigenvalue weighted by molar-refractivity contribution is 0.175. The van der Waals surface area contributed by atoms with Crippen LogP contribution in [0.15, 0.2) is 71.8 Å². The molecule has 136 valence electrons. The van der Waals surface area contributed by atoms with E-state index in [0.717, 1.165) is 5.56 Å². The number of nitrogens with one attached hydrogen (secondary N) is 1. The first-order valence-electron chi connectivity index (χ1n) is 8.39. The fraction of sp³-hybridized carbons (Fsp3) is 0.211. The molecule has 0 bridgehead atoms. The molecule has 26 heavy (non-hydrogen) atoms. The van der Waals surface area contributed by atoms with E-state index in [0.29, 0.717) is 13.1 Å². The second-order valence-corrected chi connectivity index (χ2v) is 7.84. The van der Waals surface area contributed by atoms with Crippen LogP contribution in [0.25, 0.3) is 6.08 Å². The minimum Gasteiger partial charge on any atom is -0.322 e. The summed E-state index contributed by atoms with van der Waals surface area (Å²) in [7, 11) is -3.50. The number of carbonyl (C=O) groups excluding carboxylic acids is 1. The van der Waals surface area contributed by atoms with Gasteiger partial charge in [0.2, 0.25) is 10.0 Å². The lowest BCUT2D eigenvalue weighted by Gasteiger charge is -2.33. The van der Waals surface area contributed by atoms with Crippen LogP contribution in [0.2, 0.25) is 0 Å². The summed E-state index contributed by atoms with van der Waals surface area (Å²) in [5.41, 5.74) is 0.992. The minimum absolute atomic E-state index is 0.228. The second kappa shape index (κ2) is 8.16. The first-order chi connectivity index (χ1) is 12.6. The molecule has 2 amide bonds. The zero-order valence-electron chi connectivity index (χ0n) is 14.3. The lowest BCUT2D eigenvalue weighted by Crippen LogP contribution is -2.52. The van der Waals surface area contributed by atoms with Gasteiger partial charge in [0.05, 0.1) is 4.90 Å². The largest absolute Gasteiger partial charge is 0.322 e. The predicted octanol–water partition coefficient (Wildman–Crippen LogP) is 2.37. The van der Waals surface area contributed by atoms with Crippen molar-refractivity contribution >= 4 is 22.1 Å². The fourth-order valence-electron chi connectivity index (χ4n) is 2.74. The molecule has 1 aliphatic heterocycles. The summed E-state index contributed by atoms with van der Waals surface area (Å²) in [6.07, 6.45) is 3.42. The van der Waals surface area contributed by atoms with Crippen molar-refractivity contribution in [2.24, 2.45) is 0 Å². The quantitative estimate of drug-likeness (QED) is 0.897. The maximum absolute atomic E-state index is 12.6. The first kappa shape index (κ1) is 18.2. The van der Waals surface area contributed by atoms with Gasteiger partial charge in [0.25, 0.3) is 0 Å². The molecule has 0 spiro atoms. The average molecular weight is 371 g/mol. The number of benzene rings is 2. The van der Waals surface area contributed by atoms with Gasteiger partial charge >= 0.3 is 6.03 Å². The van der Waals surface area contributed by atoms with Crippen LogP contribution in [0.3, 0.4) is 0 Å². The van der Waals surface area contributed by atoms with Gasteiger partial charge in [-0.3, -0.25) is 0 Å². The maximum atomic E-state index is 12.6. The molecule has 1 saturated heterocycles. The summed E-state index contributed by atoms with van der Waals surface area (Å²) in [6, 6.07) is 17.8. The van der Waals surface area contributed by atoms with Crippen LogP contribution in [0.5, 0.6) is 0 Å². The van der Waals surface area contributed by atoms with Gasteiger partial charge < -0.3 is 10.2 Å². The highest BCUT2D eigenvalue weighted by Gasteiger charge is 2.29. The van der Waals surface area contributed by atoms with Crippen molar-refractivity contribution in [3.8, 4) is 0 Å². The van der Waals surface area contributed by atoms with Crippen LogP contribution < -0.4 is 5.32 Å². The SMILES string of the molecule is O=C(N/C=C/c1ccccc1)N1CCN(S(=O)(=O)c2ccccc2)CC1. The minimum atomic E-state index is -3.50. The normalized spacial score (nSPS) is 15.9. The van der Waals surface area contributed by atoms with Crippen molar-refractivity contribution in [1.29, 1.82) is 0 Å². The maximum Gasteiger partial charge on any atom is 0.321 e. The molecule has 3 rings (SSSR count). The number of hydrogen-bond donors (Lipinski definition) is 1. The van der Waals surface area contributed by atoms with Gasteiger partial charge in [-0.25, -0.2) is 13.2 Å². The summed E-state index contributed by atoms with van der Waals surface area (Å²) in [5.74, 6) is 0. The topological polar surface area (TPSA) is 69.7 Å². The molecule has 1 heterocycles.